The zero-order valence-electron chi connectivity index (χ0n) is 19.9. The fraction of sp³-hybridized carbons (Fsp3) is 0.846. The summed E-state index contributed by atoms with van der Waals surface area (Å²) in [5.41, 5.74) is 0. The molecule has 0 radical (unpaired) electrons. The van der Waals surface area contributed by atoms with E-state index in [1.165, 1.54) is 64.2 Å². The van der Waals surface area contributed by atoms with E-state index in [4.69, 9.17) is 9.47 Å². The van der Waals surface area contributed by atoms with Gasteiger partial charge in [0.25, 0.3) is 0 Å². The molecule has 0 aliphatic heterocycles. The first-order chi connectivity index (χ1) is 14.7. The fourth-order valence-corrected chi connectivity index (χ4v) is 3.27. The number of hydrogen-bond donors (Lipinski definition) is 0. The molecule has 0 aromatic rings. The molecule has 0 atom stereocenters. The quantitative estimate of drug-likeness (QED) is 0.101. The van der Waals surface area contributed by atoms with Crippen molar-refractivity contribution in [3.8, 4) is 0 Å². The zero-order valence-corrected chi connectivity index (χ0v) is 19.9. The average molecular weight is 425 g/mol. The summed E-state index contributed by atoms with van der Waals surface area (Å²) in [5, 5.41) is 0. The maximum atomic E-state index is 11.7. The van der Waals surface area contributed by atoms with Crippen molar-refractivity contribution < 1.29 is 19.1 Å². The Bertz CT molecular complexity index is 417. The van der Waals surface area contributed by atoms with E-state index in [-0.39, 0.29) is 11.9 Å². The predicted octanol–water partition coefficient (Wildman–Crippen LogP) is 7.69. The summed E-state index contributed by atoms with van der Waals surface area (Å²) in [6.07, 6.45) is 23.4. The summed E-state index contributed by atoms with van der Waals surface area (Å²) < 4.78 is 10.5. The van der Waals surface area contributed by atoms with Crippen LogP contribution in [0.15, 0.2) is 12.2 Å². The van der Waals surface area contributed by atoms with Crippen LogP contribution in [0.4, 0.5) is 0 Å². The highest BCUT2D eigenvalue weighted by Gasteiger charge is 2.06. The summed E-state index contributed by atoms with van der Waals surface area (Å²) in [6.45, 7) is 5.42. The van der Waals surface area contributed by atoms with Gasteiger partial charge in [-0.3, -0.25) is 9.59 Å². The second kappa shape index (κ2) is 24.0. The maximum absolute atomic E-state index is 11.7. The van der Waals surface area contributed by atoms with Crippen molar-refractivity contribution >= 4 is 11.9 Å². The molecule has 4 nitrogen and oxygen atoms in total. The fourth-order valence-electron chi connectivity index (χ4n) is 3.27. The SMILES string of the molecule is CCCCC/C=C\CCOC(=O)CCCCC(=O)OCCCCCCCCCCC. The monoisotopic (exact) mass is 424 g/mol. The smallest absolute Gasteiger partial charge is 0.305 e. The standard InChI is InChI=1S/C26H48O4/c1-3-5-7-9-11-12-14-16-20-24-30-26(28)22-18-17-21-25(27)29-23-19-15-13-10-8-6-4-2/h13,15H,3-12,14,16-24H2,1-2H3/b15-13-. The van der Waals surface area contributed by atoms with Crippen molar-refractivity contribution in [1.29, 1.82) is 0 Å². The zero-order chi connectivity index (χ0) is 22.1. The molecule has 0 N–H and O–H groups in total. The van der Waals surface area contributed by atoms with Crippen LogP contribution < -0.4 is 0 Å². The van der Waals surface area contributed by atoms with Crippen LogP contribution in [-0.4, -0.2) is 25.2 Å². The van der Waals surface area contributed by atoms with Crippen LogP contribution >= 0.6 is 0 Å². The number of ether oxygens (including phenoxy) is 2. The van der Waals surface area contributed by atoms with E-state index < -0.39 is 0 Å². The molecular formula is C26H48O4. The van der Waals surface area contributed by atoms with Crippen molar-refractivity contribution in [1.82, 2.24) is 0 Å². The second-order valence-electron chi connectivity index (χ2n) is 8.23. The summed E-state index contributed by atoms with van der Waals surface area (Å²) in [7, 11) is 0. The highest BCUT2D eigenvalue weighted by atomic mass is 16.5. The summed E-state index contributed by atoms with van der Waals surface area (Å²) in [6, 6.07) is 0. The minimum atomic E-state index is -0.169. The maximum Gasteiger partial charge on any atom is 0.305 e. The van der Waals surface area contributed by atoms with Crippen LogP contribution in [0.2, 0.25) is 0 Å². The normalized spacial score (nSPS) is 11.1. The molecule has 0 bridgehead atoms. The molecule has 0 heterocycles. The third-order valence-electron chi connectivity index (χ3n) is 5.21. The molecule has 176 valence electrons. The van der Waals surface area contributed by atoms with Crippen LogP contribution in [0.1, 0.15) is 129 Å². The molecule has 0 aliphatic rings. The molecule has 0 fully saturated rings. The van der Waals surface area contributed by atoms with Gasteiger partial charge >= 0.3 is 11.9 Å². The minimum Gasteiger partial charge on any atom is -0.466 e. The molecule has 0 unspecified atom stereocenters. The van der Waals surface area contributed by atoms with Gasteiger partial charge in [-0.25, -0.2) is 0 Å². The van der Waals surface area contributed by atoms with E-state index >= 15 is 0 Å². The minimum absolute atomic E-state index is 0.142. The van der Waals surface area contributed by atoms with Gasteiger partial charge in [0.2, 0.25) is 0 Å². The molecule has 0 aromatic carbocycles. The van der Waals surface area contributed by atoms with Crippen LogP contribution in [-0.2, 0) is 19.1 Å². The van der Waals surface area contributed by atoms with E-state index in [1.54, 1.807) is 0 Å². The largest absolute Gasteiger partial charge is 0.466 e. The Morgan fingerprint density at radius 2 is 1.00 bits per heavy atom. The molecule has 4 heteroatoms. The Morgan fingerprint density at radius 1 is 0.533 bits per heavy atom. The van der Waals surface area contributed by atoms with Crippen molar-refractivity contribution in [3.63, 3.8) is 0 Å². The number of carbonyl (C=O) groups excluding carboxylic acids is 2. The Morgan fingerprint density at radius 3 is 1.60 bits per heavy atom. The van der Waals surface area contributed by atoms with Gasteiger partial charge in [0.1, 0.15) is 0 Å². The molecule has 0 rings (SSSR count). The molecule has 0 saturated heterocycles. The first-order valence-corrected chi connectivity index (χ1v) is 12.7. The van der Waals surface area contributed by atoms with E-state index in [0.717, 1.165) is 25.7 Å². The van der Waals surface area contributed by atoms with E-state index in [2.05, 4.69) is 26.0 Å². The van der Waals surface area contributed by atoms with Gasteiger partial charge in [0, 0.05) is 12.8 Å². The highest BCUT2D eigenvalue weighted by molar-refractivity contribution is 5.70. The van der Waals surface area contributed by atoms with E-state index in [9.17, 15) is 9.59 Å². The van der Waals surface area contributed by atoms with Gasteiger partial charge in [0.15, 0.2) is 0 Å². The lowest BCUT2D eigenvalue weighted by atomic mass is 10.1. The lowest BCUT2D eigenvalue weighted by molar-refractivity contribution is -0.145. The third kappa shape index (κ3) is 23.0. The summed E-state index contributed by atoms with van der Waals surface area (Å²) in [4.78, 5) is 23.4. The van der Waals surface area contributed by atoms with Gasteiger partial charge < -0.3 is 9.47 Å². The lowest BCUT2D eigenvalue weighted by Gasteiger charge is -2.06. The molecule has 0 saturated carbocycles. The number of carbonyl (C=O) groups is 2. The van der Waals surface area contributed by atoms with Crippen LogP contribution in [0.3, 0.4) is 0 Å². The number of allylic oxidation sites excluding steroid dienone is 1. The number of unbranched alkanes of at least 4 members (excludes halogenated alkanes) is 12. The van der Waals surface area contributed by atoms with Crippen molar-refractivity contribution in [2.75, 3.05) is 13.2 Å². The number of hydrogen-bond acceptors (Lipinski definition) is 4. The molecule has 0 spiro atoms. The molecular weight excluding hydrogens is 376 g/mol. The van der Waals surface area contributed by atoms with Gasteiger partial charge in [-0.05, 0) is 38.5 Å². The summed E-state index contributed by atoms with van der Waals surface area (Å²) in [5.74, 6) is -0.311. The Hall–Kier alpha value is -1.32. The van der Waals surface area contributed by atoms with Crippen LogP contribution in [0, 0.1) is 0 Å². The van der Waals surface area contributed by atoms with E-state index in [1.807, 2.05) is 0 Å². The van der Waals surface area contributed by atoms with Gasteiger partial charge in [-0.2, -0.15) is 0 Å². The number of esters is 2. The molecule has 30 heavy (non-hydrogen) atoms. The van der Waals surface area contributed by atoms with Crippen molar-refractivity contribution in [3.05, 3.63) is 12.2 Å². The van der Waals surface area contributed by atoms with Crippen LogP contribution in [0.5, 0.6) is 0 Å². The van der Waals surface area contributed by atoms with Gasteiger partial charge in [-0.15, -0.1) is 0 Å². The number of rotatable bonds is 22. The third-order valence-corrected chi connectivity index (χ3v) is 5.21. The lowest BCUT2D eigenvalue weighted by Crippen LogP contribution is -2.07. The van der Waals surface area contributed by atoms with Crippen molar-refractivity contribution in [2.45, 2.75) is 129 Å². The Kier molecular flexibility index (Phi) is 22.9. The van der Waals surface area contributed by atoms with Crippen LogP contribution in [0.25, 0.3) is 0 Å². The Labute approximate surface area is 186 Å². The van der Waals surface area contributed by atoms with Gasteiger partial charge in [0.05, 0.1) is 13.2 Å². The first-order valence-electron chi connectivity index (χ1n) is 12.7. The molecule has 0 aliphatic carbocycles. The average Bonchev–Trinajstić information content (AvgIpc) is 2.74. The topological polar surface area (TPSA) is 52.6 Å². The second-order valence-corrected chi connectivity index (χ2v) is 8.23. The highest BCUT2D eigenvalue weighted by Crippen LogP contribution is 2.10. The molecule has 0 aromatic heterocycles. The van der Waals surface area contributed by atoms with Gasteiger partial charge in [-0.1, -0.05) is 90.2 Å². The Balaban J connectivity index is 3.35. The molecule has 0 amide bonds. The van der Waals surface area contributed by atoms with E-state index in [0.29, 0.717) is 38.9 Å². The predicted molar refractivity (Wildman–Crippen MR) is 126 cm³/mol. The van der Waals surface area contributed by atoms with Crippen molar-refractivity contribution in [2.24, 2.45) is 0 Å². The first kappa shape index (κ1) is 28.7. The summed E-state index contributed by atoms with van der Waals surface area (Å²) >= 11 is 0.